The van der Waals surface area contributed by atoms with Crippen LogP contribution in [0.3, 0.4) is 0 Å². The van der Waals surface area contributed by atoms with Crippen molar-refractivity contribution in [1.82, 2.24) is 10.3 Å². The molecule has 3 rings (SSSR count). The normalized spacial score (nSPS) is 18.8. The topological polar surface area (TPSA) is 68.0 Å². The Morgan fingerprint density at radius 1 is 1.58 bits per heavy atom. The van der Waals surface area contributed by atoms with E-state index in [2.05, 4.69) is 10.3 Å². The van der Waals surface area contributed by atoms with Gasteiger partial charge >= 0.3 is 0 Å². The number of carbonyl (C=O) groups is 1. The average Bonchev–Trinajstić information content (AvgIpc) is 3.05. The first-order chi connectivity index (χ1) is 9.25. The molecule has 2 aromatic heterocycles. The van der Waals surface area contributed by atoms with E-state index in [4.69, 9.17) is 5.73 Å². The van der Waals surface area contributed by atoms with Gasteiger partial charge < -0.3 is 11.1 Å². The van der Waals surface area contributed by atoms with Gasteiger partial charge in [-0.1, -0.05) is 0 Å². The Labute approximate surface area is 119 Å². The second kappa shape index (κ2) is 5.38. The molecule has 1 aliphatic rings. The monoisotopic (exact) mass is 293 g/mol. The van der Waals surface area contributed by atoms with Crippen molar-refractivity contribution in [3.05, 3.63) is 23.3 Å². The molecule has 1 aliphatic heterocycles. The van der Waals surface area contributed by atoms with E-state index >= 15 is 0 Å². The van der Waals surface area contributed by atoms with Crippen molar-refractivity contribution < 1.29 is 4.79 Å². The quantitative estimate of drug-likeness (QED) is 0.912. The SMILES string of the molecule is Nc1c(C(=O)NCC2CCCS2)sc2cnccc12. The van der Waals surface area contributed by atoms with Crippen molar-refractivity contribution in [3.63, 3.8) is 0 Å². The smallest absolute Gasteiger partial charge is 0.263 e. The number of nitrogens with two attached hydrogens (primary N) is 1. The molecule has 1 atom stereocenters. The summed E-state index contributed by atoms with van der Waals surface area (Å²) in [6, 6.07) is 1.85. The lowest BCUT2D eigenvalue weighted by Crippen LogP contribution is -2.29. The number of anilines is 1. The average molecular weight is 293 g/mol. The highest BCUT2D eigenvalue weighted by atomic mass is 32.2. The maximum atomic E-state index is 12.2. The second-order valence-electron chi connectivity index (χ2n) is 4.56. The zero-order valence-electron chi connectivity index (χ0n) is 10.4. The van der Waals surface area contributed by atoms with Crippen molar-refractivity contribution in [2.75, 3.05) is 18.0 Å². The van der Waals surface area contributed by atoms with Crippen LogP contribution in [-0.4, -0.2) is 28.4 Å². The molecule has 0 bridgehead atoms. The van der Waals surface area contributed by atoms with Gasteiger partial charge in [-0.05, 0) is 24.7 Å². The summed E-state index contributed by atoms with van der Waals surface area (Å²) in [6.07, 6.45) is 5.89. The number of pyridine rings is 1. The predicted molar refractivity (Wildman–Crippen MR) is 81.8 cm³/mol. The van der Waals surface area contributed by atoms with Crippen molar-refractivity contribution in [3.8, 4) is 0 Å². The molecule has 0 spiro atoms. The van der Waals surface area contributed by atoms with Crippen LogP contribution in [0.25, 0.3) is 10.1 Å². The highest BCUT2D eigenvalue weighted by molar-refractivity contribution is 8.00. The molecule has 0 saturated carbocycles. The van der Waals surface area contributed by atoms with E-state index in [0.717, 1.165) is 16.6 Å². The molecule has 1 fully saturated rings. The van der Waals surface area contributed by atoms with Crippen LogP contribution in [-0.2, 0) is 0 Å². The lowest BCUT2D eigenvalue weighted by molar-refractivity contribution is 0.0958. The molecule has 0 aromatic carbocycles. The molecule has 2 aromatic rings. The minimum absolute atomic E-state index is 0.0637. The second-order valence-corrected chi connectivity index (χ2v) is 7.02. The summed E-state index contributed by atoms with van der Waals surface area (Å²) in [5.41, 5.74) is 6.61. The first-order valence-corrected chi connectivity index (χ1v) is 8.14. The molecule has 3 heterocycles. The van der Waals surface area contributed by atoms with Gasteiger partial charge in [-0.2, -0.15) is 11.8 Å². The van der Waals surface area contributed by atoms with Crippen molar-refractivity contribution in [2.24, 2.45) is 0 Å². The van der Waals surface area contributed by atoms with E-state index in [1.54, 1.807) is 12.4 Å². The fourth-order valence-corrected chi connectivity index (χ4v) is 4.44. The van der Waals surface area contributed by atoms with Crippen LogP contribution < -0.4 is 11.1 Å². The van der Waals surface area contributed by atoms with Crippen molar-refractivity contribution >= 4 is 44.8 Å². The van der Waals surface area contributed by atoms with Crippen LogP contribution in [0.2, 0.25) is 0 Å². The minimum atomic E-state index is -0.0637. The molecule has 0 radical (unpaired) electrons. The maximum absolute atomic E-state index is 12.2. The molecule has 1 amide bonds. The Hall–Kier alpha value is -1.27. The van der Waals surface area contributed by atoms with E-state index in [9.17, 15) is 4.79 Å². The Balaban J connectivity index is 1.75. The highest BCUT2D eigenvalue weighted by Gasteiger charge is 2.19. The van der Waals surface area contributed by atoms with Crippen LogP contribution in [0.15, 0.2) is 18.5 Å². The standard InChI is InChI=1S/C13H15N3OS2/c14-11-9-3-4-15-7-10(9)19-12(11)13(17)16-6-8-2-1-5-18-8/h3-4,7-8H,1-2,5-6,14H2,(H,16,17). The third-order valence-electron chi connectivity index (χ3n) is 3.25. The van der Waals surface area contributed by atoms with Gasteiger partial charge in [0.2, 0.25) is 0 Å². The summed E-state index contributed by atoms with van der Waals surface area (Å²) >= 11 is 3.34. The van der Waals surface area contributed by atoms with Crippen LogP contribution in [0.1, 0.15) is 22.5 Å². The number of hydrogen-bond donors (Lipinski definition) is 2. The molecule has 1 saturated heterocycles. The molecule has 0 aliphatic carbocycles. The summed E-state index contributed by atoms with van der Waals surface area (Å²) in [6.45, 7) is 0.732. The van der Waals surface area contributed by atoms with Crippen molar-refractivity contribution in [1.29, 1.82) is 0 Å². The third-order valence-corrected chi connectivity index (χ3v) is 5.80. The van der Waals surface area contributed by atoms with E-state index in [1.165, 1.54) is 29.9 Å². The fourth-order valence-electron chi connectivity index (χ4n) is 2.23. The first kappa shape index (κ1) is 12.7. The van der Waals surface area contributed by atoms with Crippen LogP contribution in [0, 0.1) is 0 Å². The lowest BCUT2D eigenvalue weighted by Gasteiger charge is -2.09. The van der Waals surface area contributed by atoms with Gasteiger partial charge in [-0.3, -0.25) is 9.78 Å². The number of nitrogens with one attached hydrogen (secondary N) is 1. The van der Waals surface area contributed by atoms with Crippen LogP contribution >= 0.6 is 23.1 Å². The van der Waals surface area contributed by atoms with Gasteiger partial charge in [0.15, 0.2) is 0 Å². The molecule has 1 unspecified atom stereocenters. The van der Waals surface area contributed by atoms with Crippen LogP contribution in [0.5, 0.6) is 0 Å². The lowest BCUT2D eigenvalue weighted by atomic mass is 10.2. The largest absolute Gasteiger partial charge is 0.397 e. The number of rotatable bonds is 3. The fraction of sp³-hybridized carbons (Fsp3) is 0.385. The number of carbonyl (C=O) groups excluding carboxylic acids is 1. The number of thiophene rings is 1. The molecular formula is C13H15N3OS2. The number of nitrogens with zero attached hydrogens (tertiary/aromatic N) is 1. The first-order valence-electron chi connectivity index (χ1n) is 6.27. The van der Waals surface area contributed by atoms with E-state index in [0.29, 0.717) is 15.8 Å². The summed E-state index contributed by atoms with van der Waals surface area (Å²) in [5.74, 6) is 1.14. The van der Waals surface area contributed by atoms with E-state index in [1.807, 2.05) is 17.8 Å². The summed E-state index contributed by atoms with van der Waals surface area (Å²) < 4.78 is 0.959. The van der Waals surface area contributed by atoms with Gasteiger partial charge in [0.05, 0.1) is 10.4 Å². The van der Waals surface area contributed by atoms with E-state index < -0.39 is 0 Å². The molecule has 100 valence electrons. The van der Waals surface area contributed by atoms with Gasteiger partial charge in [0.25, 0.3) is 5.91 Å². The minimum Gasteiger partial charge on any atom is -0.397 e. The van der Waals surface area contributed by atoms with Gasteiger partial charge in [0, 0.05) is 29.6 Å². The van der Waals surface area contributed by atoms with Gasteiger partial charge in [-0.25, -0.2) is 0 Å². The Kier molecular flexibility index (Phi) is 3.61. The number of amides is 1. The van der Waals surface area contributed by atoms with Gasteiger partial charge in [-0.15, -0.1) is 11.3 Å². The Morgan fingerprint density at radius 3 is 3.21 bits per heavy atom. The number of thioether (sulfide) groups is 1. The summed E-state index contributed by atoms with van der Waals surface area (Å²) in [4.78, 5) is 16.8. The third kappa shape index (κ3) is 2.55. The molecule has 3 N–H and O–H groups in total. The molecule has 4 nitrogen and oxygen atoms in total. The number of aromatic nitrogens is 1. The maximum Gasteiger partial charge on any atom is 0.263 e. The number of fused-ring (bicyclic) bond motifs is 1. The van der Waals surface area contributed by atoms with Crippen molar-refractivity contribution in [2.45, 2.75) is 18.1 Å². The molecule has 19 heavy (non-hydrogen) atoms. The Morgan fingerprint density at radius 2 is 2.47 bits per heavy atom. The predicted octanol–water partition coefficient (Wildman–Crippen LogP) is 2.50. The number of hydrogen-bond acceptors (Lipinski definition) is 5. The summed E-state index contributed by atoms with van der Waals surface area (Å²) in [7, 11) is 0. The zero-order valence-corrected chi connectivity index (χ0v) is 12.0. The molecule has 6 heteroatoms. The highest BCUT2D eigenvalue weighted by Crippen LogP contribution is 2.33. The summed E-state index contributed by atoms with van der Waals surface area (Å²) in [5, 5.41) is 4.47. The zero-order chi connectivity index (χ0) is 13.2. The number of nitrogen functional groups attached to an aromatic ring is 1. The van der Waals surface area contributed by atoms with Crippen LogP contribution in [0.4, 0.5) is 5.69 Å². The van der Waals surface area contributed by atoms with Gasteiger partial charge in [0.1, 0.15) is 4.88 Å². The molecular weight excluding hydrogens is 278 g/mol. The van der Waals surface area contributed by atoms with E-state index in [-0.39, 0.29) is 5.91 Å². The Bertz CT molecular complexity index is 605.